The van der Waals surface area contributed by atoms with E-state index in [4.69, 9.17) is 4.42 Å². The van der Waals surface area contributed by atoms with Crippen molar-refractivity contribution in [2.24, 2.45) is 0 Å². The predicted molar refractivity (Wildman–Crippen MR) is 161 cm³/mol. The minimum Gasteiger partial charge on any atom is -0.455 e. The third kappa shape index (κ3) is 3.96. The van der Waals surface area contributed by atoms with E-state index in [-0.39, 0.29) is 0 Å². The highest BCUT2D eigenvalue weighted by molar-refractivity contribution is 7.19. The van der Waals surface area contributed by atoms with E-state index < -0.39 is 0 Å². The molecule has 0 N–H and O–H groups in total. The molecular formula is C36H24OS. The van der Waals surface area contributed by atoms with E-state index in [0.717, 1.165) is 39.0 Å². The molecule has 2 aromatic heterocycles. The van der Waals surface area contributed by atoms with Gasteiger partial charge in [-0.1, -0.05) is 140 Å². The molecule has 0 aliphatic heterocycles. The molecule has 7 rings (SSSR count). The quantitative estimate of drug-likeness (QED) is 0.227. The average Bonchev–Trinajstić information content (AvgIpc) is 3.61. The highest BCUT2D eigenvalue weighted by Gasteiger charge is 2.23. The van der Waals surface area contributed by atoms with E-state index in [1.54, 1.807) is 0 Å². The van der Waals surface area contributed by atoms with Gasteiger partial charge in [-0.3, -0.25) is 0 Å². The van der Waals surface area contributed by atoms with Gasteiger partial charge in [0.25, 0.3) is 0 Å². The van der Waals surface area contributed by atoms with Crippen molar-refractivity contribution in [3.8, 4) is 54.7 Å². The monoisotopic (exact) mass is 504 g/mol. The topological polar surface area (TPSA) is 13.1 Å². The normalized spacial score (nSPS) is 11.2. The van der Waals surface area contributed by atoms with Crippen LogP contribution in [0.1, 0.15) is 0 Å². The summed E-state index contributed by atoms with van der Waals surface area (Å²) < 4.78 is 6.92. The van der Waals surface area contributed by atoms with Gasteiger partial charge in [0.15, 0.2) is 0 Å². The predicted octanol–water partition coefficient (Wildman–Crippen LogP) is 10.8. The van der Waals surface area contributed by atoms with E-state index in [0.29, 0.717) is 0 Å². The lowest BCUT2D eigenvalue weighted by molar-refractivity contribution is 0.602. The smallest absolute Gasteiger partial charge is 0.144 e. The maximum atomic E-state index is 6.92. The average molecular weight is 505 g/mol. The zero-order valence-electron chi connectivity index (χ0n) is 20.7. The van der Waals surface area contributed by atoms with Gasteiger partial charge in [-0.15, -0.1) is 11.3 Å². The van der Waals surface area contributed by atoms with E-state index in [1.165, 1.54) is 26.4 Å². The minimum atomic E-state index is 0.904. The zero-order valence-corrected chi connectivity index (χ0v) is 21.5. The fourth-order valence-electron chi connectivity index (χ4n) is 5.15. The van der Waals surface area contributed by atoms with Gasteiger partial charge in [-0.25, -0.2) is 0 Å². The molecule has 0 unspecified atom stereocenters. The van der Waals surface area contributed by atoms with Crippen molar-refractivity contribution in [2.75, 3.05) is 0 Å². The molecule has 7 aromatic rings. The van der Waals surface area contributed by atoms with Crippen LogP contribution in [0.5, 0.6) is 0 Å². The van der Waals surface area contributed by atoms with Gasteiger partial charge in [0.1, 0.15) is 11.5 Å². The van der Waals surface area contributed by atoms with E-state index >= 15 is 0 Å². The summed E-state index contributed by atoms with van der Waals surface area (Å²) in [5.41, 5.74) is 6.98. The van der Waals surface area contributed by atoms with Crippen molar-refractivity contribution in [1.82, 2.24) is 0 Å². The lowest BCUT2D eigenvalue weighted by Gasteiger charge is -2.08. The third-order valence-corrected chi connectivity index (χ3v) is 8.18. The van der Waals surface area contributed by atoms with Crippen LogP contribution in [0.4, 0.5) is 0 Å². The van der Waals surface area contributed by atoms with E-state index in [9.17, 15) is 0 Å². The van der Waals surface area contributed by atoms with Crippen LogP contribution in [0.25, 0.3) is 65.4 Å². The highest BCUT2D eigenvalue weighted by atomic mass is 32.1. The largest absolute Gasteiger partial charge is 0.455 e. The maximum absolute atomic E-state index is 6.92. The Labute approximate surface area is 226 Å². The van der Waals surface area contributed by atoms with Crippen molar-refractivity contribution in [2.45, 2.75) is 0 Å². The molecular weight excluding hydrogens is 480 g/mol. The molecule has 1 nitrogen and oxygen atoms in total. The lowest BCUT2D eigenvalue weighted by atomic mass is 9.96. The Morgan fingerprint density at radius 3 is 1.50 bits per heavy atom. The van der Waals surface area contributed by atoms with Crippen LogP contribution in [-0.2, 0) is 0 Å². The Kier molecular flexibility index (Phi) is 5.73. The van der Waals surface area contributed by atoms with Crippen LogP contribution in [0.15, 0.2) is 150 Å². The van der Waals surface area contributed by atoms with Gasteiger partial charge < -0.3 is 4.42 Å². The summed E-state index contributed by atoms with van der Waals surface area (Å²) in [4.78, 5) is 2.44. The highest BCUT2D eigenvalue weighted by Crippen LogP contribution is 2.48. The van der Waals surface area contributed by atoms with E-state index in [2.05, 4.69) is 146 Å². The molecule has 0 saturated heterocycles. The molecule has 38 heavy (non-hydrogen) atoms. The lowest BCUT2D eigenvalue weighted by Crippen LogP contribution is -1.83. The summed E-state index contributed by atoms with van der Waals surface area (Å²) in [5, 5.41) is 2.25. The Morgan fingerprint density at radius 2 is 0.868 bits per heavy atom. The molecule has 2 heterocycles. The third-order valence-electron chi connectivity index (χ3n) is 6.95. The maximum Gasteiger partial charge on any atom is 0.144 e. The number of hydrogen-bond donors (Lipinski definition) is 0. The van der Waals surface area contributed by atoms with Crippen LogP contribution in [0.3, 0.4) is 0 Å². The first-order valence-electron chi connectivity index (χ1n) is 12.8. The summed E-state index contributed by atoms with van der Waals surface area (Å²) in [7, 11) is 0. The standard InChI is InChI=1S/C36H24OS/c1-4-14-25(15-5-1)28-20-10-11-21-29(28)34-30-22-12-13-23-31(30)35(37-34)32-24-33(26-16-6-2-7-17-26)38-36(32)27-18-8-3-9-19-27/h1-24H. The van der Waals surface area contributed by atoms with Gasteiger partial charge in [-0.05, 0) is 28.3 Å². The zero-order chi connectivity index (χ0) is 25.3. The van der Waals surface area contributed by atoms with Crippen LogP contribution in [-0.4, -0.2) is 0 Å². The minimum absolute atomic E-state index is 0.904. The van der Waals surface area contributed by atoms with Crippen molar-refractivity contribution in [3.05, 3.63) is 146 Å². The second kappa shape index (κ2) is 9.66. The molecule has 0 spiro atoms. The molecule has 2 heteroatoms. The van der Waals surface area contributed by atoms with Crippen molar-refractivity contribution >= 4 is 22.1 Å². The number of hydrogen-bond acceptors (Lipinski definition) is 2. The fraction of sp³-hybridized carbons (Fsp3) is 0. The number of rotatable bonds is 5. The van der Waals surface area contributed by atoms with Gasteiger partial charge in [0.2, 0.25) is 0 Å². The molecule has 0 saturated carbocycles. The van der Waals surface area contributed by atoms with Gasteiger partial charge in [0, 0.05) is 31.7 Å². The van der Waals surface area contributed by atoms with Crippen LogP contribution < -0.4 is 0 Å². The number of fused-ring (bicyclic) bond motifs is 1. The van der Waals surface area contributed by atoms with Crippen molar-refractivity contribution in [3.63, 3.8) is 0 Å². The molecule has 0 fully saturated rings. The first-order chi connectivity index (χ1) is 18.9. The van der Waals surface area contributed by atoms with Gasteiger partial charge in [0.05, 0.1) is 0 Å². The number of furan rings is 1. The molecule has 0 atom stereocenters. The molecule has 0 amide bonds. The molecule has 0 aliphatic rings. The summed E-state index contributed by atoms with van der Waals surface area (Å²) in [6.45, 7) is 0. The summed E-state index contributed by atoms with van der Waals surface area (Å²) in [5.74, 6) is 1.82. The molecule has 5 aromatic carbocycles. The number of thiophene rings is 1. The molecule has 0 radical (unpaired) electrons. The Morgan fingerprint density at radius 1 is 0.395 bits per heavy atom. The van der Waals surface area contributed by atoms with E-state index in [1.807, 2.05) is 11.3 Å². The summed E-state index contributed by atoms with van der Waals surface area (Å²) >= 11 is 1.81. The molecule has 0 aliphatic carbocycles. The SMILES string of the molecule is c1ccc(-c2cc(-c3oc(-c4ccccc4-c4ccccc4)c4ccccc34)c(-c3ccccc3)s2)cc1. The van der Waals surface area contributed by atoms with Crippen LogP contribution in [0.2, 0.25) is 0 Å². The van der Waals surface area contributed by atoms with Crippen molar-refractivity contribution < 1.29 is 4.42 Å². The molecule has 180 valence electrons. The second-order valence-electron chi connectivity index (χ2n) is 9.30. The van der Waals surface area contributed by atoms with Crippen LogP contribution >= 0.6 is 11.3 Å². The van der Waals surface area contributed by atoms with Gasteiger partial charge >= 0.3 is 0 Å². The van der Waals surface area contributed by atoms with Gasteiger partial charge in [-0.2, -0.15) is 0 Å². The van der Waals surface area contributed by atoms with Crippen LogP contribution in [0, 0.1) is 0 Å². The first kappa shape index (κ1) is 22.5. The van der Waals surface area contributed by atoms with Crippen molar-refractivity contribution in [1.29, 1.82) is 0 Å². The summed E-state index contributed by atoms with van der Waals surface area (Å²) in [6.07, 6.45) is 0. The Balaban J connectivity index is 1.49. The second-order valence-corrected chi connectivity index (χ2v) is 10.4. The first-order valence-corrected chi connectivity index (χ1v) is 13.6. The Bertz CT molecular complexity index is 1840. The Hall–Kier alpha value is -4.66. The molecule has 0 bridgehead atoms. The fourth-order valence-corrected chi connectivity index (χ4v) is 6.32. The summed E-state index contributed by atoms with van der Waals surface area (Å²) in [6, 6.07) is 51.1. The number of benzene rings is 5.